The van der Waals surface area contributed by atoms with Crippen molar-refractivity contribution >= 4 is 17.3 Å². The molecule has 1 aromatic carbocycles. The van der Waals surface area contributed by atoms with Gasteiger partial charge in [-0.3, -0.25) is 15.0 Å². The maximum Gasteiger partial charge on any atom is 0.344 e. The van der Waals surface area contributed by atoms with Gasteiger partial charge in [-0.1, -0.05) is 0 Å². The van der Waals surface area contributed by atoms with Crippen LogP contribution in [-0.2, 0) is 15.9 Å². The summed E-state index contributed by atoms with van der Waals surface area (Å²) in [5, 5.41) is 11.2. The van der Waals surface area contributed by atoms with E-state index in [1.165, 1.54) is 13.2 Å². The van der Waals surface area contributed by atoms with Crippen molar-refractivity contribution in [1.82, 2.24) is 4.90 Å². The maximum absolute atomic E-state index is 11.9. The lowest BCUT2D eigenvalue weighted by molar-refractivity contribution is -0.385. The molecule has 0 N–H and O–H groups in total. The van der Waals surface area contributed by atoms with Crippen molar-refractivity contribution in [1.29, 1.82) is 0 Å². The van der Waals surface area contributed by atoms with E-state index in [2.05, 4.69) is 9.80 Å². The molecule has 2 aliphatic rings. The van der Waals surface area contributed by atoms with Gasteiger partial charge in [0.05, 0.1) is 25.2 Å². The van der Waals surface area contributed by atoms with E-state index in [0.29, 0.717) is 0 Å². The van der Waals surface area contributed by atoms with E-state index in [0.717, 1.165) is 63.6 Å². The Hall–Kier alpha value is -2.19. The number of nitro benzene ring substituents is 1. The summed E-state index contributed by atoms with van der Waals surface area (Å²) in [7, 11) is 1.23. The highest BCUT2D eigenvalue weighted by atomic mass is 16.6. The van der Waals surface area contributed by atoms with Crippen molar-refractivity contribution in [2.45, 2.75) is 6.42 Å². The van der Waals surface area contributed by atoms with Gasteiger partial charge in [-0.2, -0.15) is 0 Å². The van der Waals surface area contributed by atoms with Gasteiger partial charge in [0.15, 0.2) is 0 Å². The summed E-state index contributed by atoms with van der Waals surface area (Å²) in [5.41, 5.74) is 1.64. The average molecular weight is 335 g/mol. The Morgan fingerprint density at radius 1 is 1.29 bits per heavy atom. The van der Waals surface area contributed by atoms with Crippen molar-refractivity contribution in [3.8, 4) is 0 Å². The van der Waals surface area contributed by atoms with Crippen LogP contribution in [0.2, 0.25) is 0 Å². The van der Waals surface area contributed by atoms with Gasteiger partial charge in [-0.05, 0) is 18.1 Å². The molecule has 8 nitrogen and oxygen atoms in total. The zero-order chi connectivity index (χ0) is 17.1. The Morgan fingerprint density at radius 2 is 2.04 bits per heavy atom. The summed E-state index contributed by atoms with van der Waals surface area (Å²) in [4.78, 5) is 27.1. The number of nitro groups is 1. The molecule has 130 valence electrons. The van der Waals surface area contributed by atoms with Gasteiger partial charge in [0.2, 0.25) is 0 Å². The number of hydrogen-bond donors (Lipinski definition) is 0. The van der Waals surface area contributed by atoms with Gasteiger partial charge in [-0.15, -0.1) is 0 Å². The van der Waals surface area contributed by atoms with E-state index in [1.807, 2.05) is 0 Å². The van der Waals surface area contributed by atoms with Crippen LogP contribution in [0.4, 0.5) is 11.4 Å². The topological polar surface area (TPSA) is 85.1 Å². The third-order valence-electron chi connectivity index (χ3n) is 4.58. The number of morpholine rings is 1. The third-order valence-corrected chi connectivity index (χ3v) is 4.58. The normalized spacial score (nSPS) is 17.6. The van der Waals surface area contributed by atoms with Gasteiger partial charge in [0, 0.05) is 44.5 Å². The molecule has 0 aromatic heterocycles. The van der Waals surface area contributed by atoms with E-state index in [4.69, 9.17) is 9.47 Å². The Labute approximate surface area is 140 Å². The highest BCUT2D eigenvalue weighted by molar-refractivity contribution is 5.95. The molecule has 24 heavy (non-hydrogen) atoms. The first-order valence-corrected chi connectivity index (χ1v) is 8.05. The number of methoxy groups -OCH3 is 1. The second kappa shape index (κ2) is 7.14. The van der Waals surface area contributed by atoms with Crippen molar-refractivity contribution < 1.29 is 19.2 Å². The number of ether oxygens (including phenoxy) is 2. The summed E-state index contributed by atoms with van der Waals surface area (Å²) in [5.74, 6) is -0.676. The van der Waals surface area contributed by atoms with Crippen molar-refractivity contribution in [2.75, 3.05) is 57.9 Å². The first-order chi connectivity index (χ1) is 11.6. The fourth-order valence-electron chi connectivity index (χ4n) is 3.23. The van der Waals surface area contributed by atoms with Gasteiger partial charge in [0.1, 0.15) is 5.56 Å². The van der Waals surface area contributed by atoms with Gasteiger partial charge in [-0.25, -0.2) is 4.79 Å². The van der Waals surface area contributed by atoms with Gasteiger partial charge < -0.3 is 14.4 Å². The third kappa shape index (κ3) is 3.34. The Bertz CT molecular complexity index is 643. The number of nitrogens with zero attached hydrogens (tertiary/aromatic N) is 3. The van der Waals surface area contributed by atoms with Crippen molar-refractivity contribution in [3.63, 3.8) is 0 Å². The van der Waals surface area contributed by atoms with Crippen LogP contribution in [0, 0.1) is 10.1 Å². The molecule has 0 radical (unpaired) electrons. The number of rotatable bonds is 5. The first-order valence-electron chi connectivity index (χ1n) is 8.05. The zero-order valence-electron chi connectivity index (χ0n) is 13.7. The fourth-order valence-corrected chi connectivity index (χ4v) is 3.23. The van der Waals surface area contributed by atoms with Crippen LogP contribution in [0.5, 0.6) is 0 Å². The van der Waals surface area contributed by atoms with Crippen LogP contribution < -0.4 is 4.90 Å². The van der Waals surface area contributed by atoms with Crippen molar-refractivity contribution in [2.24, 2.45) is 0 Å². The second-order valence-electron chi connectivity index (χ2n) is 5.94. The standard InChI is InChI=1S/C16H21N3O5/c1-23-16(20)13-11-14-12(10-15(13)19(21)22)2-3-18(14)5-4-17-6-8-24-9-7-17/h10-11H,2-9H2,1H3. The maximum atomic E-state index is 11.9. The number of carbonyl (C=O) groups excluding carboxylic acids is 1. The lowest BCUT2D eigenvalue weighted by Crippen LogP contribution is -2.41. The predicted octanol–water partition coefficient (Wildman–Crippen LogP) is 1.08. The van der Waals surface area contributed by atoms with Crippen LogP contribution in [0.3, 0.4) is 0 Å². The highest BCUT2D eigenvalue weighted by Gasteiger charge is 2.29. The fraction of sp³-hybridized carbons (Fsp3) is 0.562. The van der Waals surface area contributed by atoms with E-state index in [1.54, 1.807) is 6.07 Å². The van der Waals surface area contributed by atoms with Crippen LogP contribution >= 0.6 is 0 Å². The van der Waals surface area contributed by atoms with Crippen LogP contribution in [0.1, 0.15) is 15.9 Å². The van der Waals surface area contributed by atoms with E-state index >= 15 is 0 Å². The van der Waals surface area contributed by atoms with Gasteiger partial charge in [0.25, 0.3) is 5.69 Å². The molecule has 8 heteroatoms. The zero-order valence-corrected chi connectivity index (χ0v) is 13.7. The summed E-state index contributed by atoms with van der Waals surface area (Å²) in [6.45, 7) is 5.91. The second-order valence-corrected chi connectivity index (χ2v) is 5.94. The SMILES string of the molecule is COC(=O)c1cc2c(cc1[N+](=O)[O-])CCN2CCN1CCOCC1. The Kier molecular flexibility index (Phi) is 4.96. The molecule has 0 atom stereocenters. The van der Waals surface area contributed by atoms with E-state index in [9.17, 15) is 14.9 Å². The summed E-state index contributed by atoms with van der Waals surface area (Å²) >= 11 is 0. The molecule has 1 fully saturated rings. The molecule has 1 aromatic rings. The minimum absolute atomic E-state index is 0.0134. The molecule has 0 unspecified atom stereocenters. The van der Waals surface area contributed by atoms with E-state index < -0.39 is 10.9 Å². The van der Waals surface area contributed by atoms with Crippen LogP contribution in [0.15, 0.2) is 12.1 Å². The van der Waals surface area contributed by atoms with Gasteiger partial charge >= 0.3 is 5.97 Å². The molecule has 0 spiro atoms. The average Bonchev–Trinajstić information content (AvgIpc) is 3.01. The molecule has 0 amide bonds. The molecule has 2 heterocycles. The lowest BCUT2D eigenvalue weighted by atomic mass is 10.1. The van der Waals surface area contributed by atoms with Crippen LogP contribution in [0.25, 0.3) is 0 Å². The quantitative estimate of drug-likeness (QED) is 0.452. The summed E-state index contributed by atoms with van der Waals surface area (Å²) < 4.78 is 10.0. The Balaban J connectivity index is 1.79. The first kappa shape index (κ1) is 16.7. The minimum atomic E-state index is -0.676. The highest BCUT2D eigenvalue weighted by Crippen LogP contribution is 2.34. The summed E-state index contributed by atoms with van der Waals surface area (Å²) in [6.07, 6.45) is 0.751. The number of carbonyl (C=O) groups is 1. The molecule has 0 bridgehead atoms. The minimum Gasteiger partial charge on any atom is -0.465 e. The molecule has 3 rings (SSSR count). The number of fused-ring (bicyclic) bond motifs is 1. The number of esters is 1. The van der Waals surface area contributed by atoms with E-state index in [-0.39, 0.29) is 11.3 Å². The molecule has 2 aliphatic heterocycles. The lowest BCUT2D eigenvalue weighted by Gasteiger charge is -2.29. The number of benzene rings is 1. The monoisotopic (exact) mass is 335 g/mol. The Morgan fingerprint density at radius 3 is 2.71 bits per heavy atom. The number of hydrogen-bond acceptors (Lipinski definition) is 7. The molecular weight excluding hydrogens is 314 g/mol. The molecule has 0 saturated carbocycles. The number of anilines is 1. The smallest absolute Gasteiger partial charge is 0.344 e. The molecular formula is C16H21N3O5. The predicted molar refractivity (Wildman–Crippen MR) is 87.6 cm³/mol. The van der Waals surface area contributed by atoms with Crippen molar-refractivity contribution in [3.05, 3.63) is 33.4 Å². The molecule has 1 saturated heterocycles. The van der Waals surface area contributed by atoms with Crippen LogP contribution in [-0.4, -0.2) is 68.8 Å². The molecule has 0 aliphatic carbocycles. The largest absolute Gasteiger partial charge is 0.465 e. The summed E-state index contributed by atoms with van der Waals surface area (Å²) in [6, 6.07) is 3.11.